The van der Waals surface area contributed by atoms with Crippen LogP contribution in [0, 0.1) is 0 Å². The summed E-state index contributed by atoms with van der Waals surface area (Å²) in [5, 5.41) is 0. The zero-order valence-electron chi connectivity index (χ0n) is 14.1. The van der Waals surface area contributed by atoms with E-state index < -0.39 is 0 Å². The van der Waals surface area contributed by atoms with Crippen LogP contribution in [0.25, 0.3) is 11.1 Å². The molecule has 1 saturated heterocycles. The van der Waals surface area contributed by atoms with E-state index in [4.69, 9.17) is 10.5 Å². The first kappa shape index (κ1) is 16.5. The summed E-state index contributed by atoms with van der Waals surface area (Å²) in [6.45, 7) is 2.76. The Morgan fingerprint density at radius 3 is 2.67 bits per heavy atom. The second kappa shape index (κ2) is 7.01. The minimum Gasteiger partial charge on any atom is -0.497 e. The molecule has 2 aromatic rings. The van der Waals surface area contributed by atoms with Gasteiger partial charge in [0.1, 0.15) is 5.75 Å². The summed E-state index contributed by atoms with van der Waals surface area (Å²) >= 11 is 0. The Hall–Kier alpha value is -2.40. The van der Waals surface area contributed by atoms with Crippen LogP contribution in [-0.2, 0) is 0 Å². The average molecular weight is 325 g/mol. The van der Waals surface area contributed by atoms with Crippen LogP contribution in [0.3, 0.4) is 0 Å². The van der Waals surface area contributed by atoms with Gasteiger partial charge in [-0.1, -0.05) is 12.1 Å². The van der Waals surface area contributed by atoms with Crippen molar-refractivity contribution in [3.8, 4) is 16.9 Å². The maximum absolute atomic E-state index is 12.8. The highest BCUT2D eigenvalue weighted by atomic mass is 16.5. The molecule has 1 amide bonds. The summed E-state index contributed by atoms with van der Waals surface area (Å²) in [6, 6.07) is 9.98. The number of pyridine rings is 1. The van der Waals surface area contributed by atoms with Gasteiger partial charge in [-0.2, -0.15) is 0 Å². The minimum atomic E-state index is 0.0252. The fraction of sp³-hybridized carbons (Fsp3) is 0.368. The summed E-state index contributed by atoms with van der Waals surface area (Å²) in [5.74, 6) is 0.828. The molecule has 0 spiro atoms. The van der Waals surface area contributed by atoms with Gasteiger partial charge in [0.25, 0.3) is 5.91 Å². The predicted octanol–water partition coefficient (Wildman–Crippen LogP) is 2.71. The van der Waals surface area contributed by atoms with E-state index in [0.29, 0.717) is 12.1 Å². The van der Waals surface area contributed by atoms with Gasteiger partial charge in [0, 0.05) is 36.6 Å². The van der Waals surface area contributed by atoms with Crippen LogP contribution in [0.2, 0.25) is 0 Å². The van der Waals surface area contributed by atoms with Crippen molar-refractivity contribution in [3.63, 3.8) is 0 Å². The smallest absolute Gasteiger partial charge is 0.255 e. The van der Waals surface area contributed by atoms with Crippen molar-refractivity contribution in [2.24, 2.45) is 5.73 Å². The second-order valence-corrected chi connectivity index (χ2v) is 6.32. The number of benzene rings is 1. The fourth-order valence-corrected chi connectivity index (χ4v) is 3.17. The first-order chi connectivity index (χ1) is 11.6. The van der Waals surface area contributed by atoms with Gasteiger partial charge < -0.3 is 15.4 Å². The molecule has 2 heterocycles. The number of nitrogens with zero attached hydrogens (tertiary/aromatic N) is 2. The Balaban J connectivity index is 1.83. The molecule has 5 nitrogen and oxygen atoms in total. The maximum atomic E-state index is 12.8. The third-order valence-electron chi connectivity index (χ3n) is 4.59. The molecule has 1 aliphatic heterocycles. The van der Waals surface area contributed by atoms with E-state index >= 15 is 0 Å². The maximum Gasteiger partial charge on any atom is 0.255 e. The molecule has 126 valence electrons. The summed E-state index contributed by atoms with van der Waals surface area (Å²) in [7, 11) is 1.64. The summed E-state index contributed by atoms with van der Waals surface area (Å²) in [6.07, 6.45) is 5.10. The van der Waals surface area contributed by atoms with Gasteiger partial charge in [0.05, 0.1) is 12.7 Å². The predicted molar refractivity (Wildman–Crippen MR) is 93.9 cm³/mol. The molecule has 0 saturated carbocycles. The van der Waals surface area contributed by atoms with Crippen LogP contribution in [0.5, 0.6) is 5.75 Å². The highest BCUT2D eigenvalue weighted by molar-refractivity contribution is 5.95. The molecule has 2 N–H and O–H groups in total. The number of amides is 1. The molecule has 1 aliphatic rings. The van der Waals surface area contributed by atoms with Gasteiger partial charge in [-0.05, 0) is 43.5 Å². The molecule has 1 fully saturated rings. The molecule has 0 radical (unpaired) electrons. The Morgan fingerprint density at radius 2 is 2.00 bits per heavy atom. The molecule has 0 aliphatic carbocycles. The quantitative estimate of drug-likeness (QED) is 0.942. The summed E-state index contributed by atoms with van der Waals surface area (Å²) in [5.41, 5.74) is 8.53. The van der Waals surface area contributed by atoms with Crippen molar-refractivity contribution >= 4 is 5.91 Å². The first-order valence-corrected chi connectivity index (χ1v) is 8.24. The number of likely N-dealkylation sites (tertiary alicyclic amines) is 1. The molecule has 1 aromatic carbocycles. The van der Waals surface area contributed by atoms with Crippen LogP contribution in [-0.4, -0.2) is 41.5 Å². The lowest BCUT2D eigenvalue weighted by molar-refractivity contribution is 0.0618. The molecular formula is C19H23N3O2. The average Bonchev–Trinajstić information content (AvgIpc) is 2.61. The minimum absolute atomic E-state index is 0.0252. The largest absolute Gasteiger partial charge is 0.497 e. The van der Waals surface area contributed by atoms with E-state index in [1.54, 1.807) is 19.5 Å². The van der Waals surface area contributed by atoms with Crippen molar-refractivity contribution in [3.05, 3.63) is 48.3 Å². The number of nitrogens with two attached hydrogens (primary N) is 1. The van der Waals surface area contributed by atoms with E-state index in [1.807, 2.05) is 35.2 Å². The number of aromatic nitrogens is 1. The van der Waals surface area contributed by atoms with Crippen molar-refractivity contribution in [2.45, 2.75) is 31.8 Å². The molecule has 3 rings (SSSR count). The van der Waals surface area contributed by atoms with E-state index in [-0.39, 0.29) is 18.0 Å². The molecule has 1 aromatic heterocycles. The van der Waals surface area contributed by atoms with Gasteiger partial charge in [0.2, 0.25) is 0 Å². The van der Waals surface area contributed by atoms with Gasteiger partial charge in [0.15, 0.2) is 0 Å². The lowest BCUT2D eigenvalue weighted by Gasteiger charge is -2.36. The van der Waals surface area contributed by atoms with Crippen molar-refractivity contribution < 1.29 is 9.53 Å². The number of hydrogen-bond donors (Lipinski definition) is 1. The highest BCUT2D eigenvalue weighted by Crippen LogP contribution is 2.24. The number of carbonyl (C=O) groups excluding carboxylic acids is 1. The van der Waals surface area contributed by atoms with Crippen LogP contribution >= 0.6 is 0 Å². The normalized spacial score (nSPS) is 20.7. The number of methoxy groups -OCH3 is 1. The van der Waals surface area contributed by atoms with Crippen LogP contribution < -0.4 is 10.5 Å². The Labute approximate surface area is 142 Å². The highest BCUT2D eigenvalue weighted by Gasteiger charge is 2.27. The number of rotatable bonds is 3. The second-order valence-electron chi connectivity index (χ2n) is 6.32. The lowest BCUT2D eigenvalue weighted by Crippen LogP contribution is -2.48. The lowest BCUT2D eigenvalue weighted by atomic mass is 9.98. The molecule has 2 atom stereocenters. The Morgan fingerprint density at radius 1 is 1.25 bits per heavy atom. The van der Waals surface area contributed by atoms with Crippen LogP contribution in [0.4, 0.5) is 0 Å². The van der Waals surface area contributed by atoms with Gasteiger partial charge in [-0.15, -0.1) is 0 Å². The Bertz CT molecular complexity index is 715. The van der Waals surface area contributed by atoms with E-state index in [9.17, 15) is 4.79 Å². The standard InChI is InChI=1S/C19H23N3O2/c1-13-9-17(20)7-8-22(13)19(23)16-10-15(11-21-12-16)14-3-5-18(24-2)6-4-14/h3-6,10-13,17H,7-9,20H2,1-2H3/t13-,17+/m1/s1. The molecule has 0 unspecified atom stereocenters. The van der Waals surface area contributed by atoms with Crippen molar-refractivity contribution in [2.75, 3.05) is 13.7 Å². The first-order valence-electron chi connectivity index (χ1n) is 8.24. The third kappa shape index (κ3) is 3.41. The summed E-state index contributed by atoms with van der Waals surface area (Å²) < 4.78 is 5.18. The number of ether oxygens (including phenoxy) is 1. The summed E-state index contributed by atoms with van der Waals surface area (Å²) in [4.78, 5) is 19.0. The van der Waals surface area contributed by atoms with E-state index in [1.165, 1.54) is 0 Å². The van der Waals surface area contributed by atoms with Crippen molar-refractivity contribution in [1.29, 1.82) is 0 Å². The van der Waals surface area contributed by atoms with E-state index in [0.717, 1.165) is 29.7 Å². The van der Waals surface area contributed by atoms with Gasteiger partial charge in [-0.3, -0.25) is 9.78 Å². The van der Waals surface area contributed by atoms with Crippen LogP contribution in [0.15, 0.2) is 42.7 Å². The number of carbonyl (C=O) groups is 1. The Kier molecular flexibility index (Phi) is 4.81. The van der Waals surface area contributed by atoms with Crippen molar-refractivity contribution in [1.82, 2.24) is 9.88 Å². The van der Waals surface area contributed by atoms with Gasteiger partial charge in [-0.25, -0.2) is 0 Å². The number of piperidine rings is 1. The number of hydrogen-bond acceptors (Lipinski definition) is 4. The molecule has 0 bridgehead atoms. The topological polar surface area (TPSA) is 68.5 Å². The zero-order chi connectivity index (χ0) is 17.1. The van der Waals surface area contributed by atoms with E-state index in [2.05, 4.69) is 11.9 Å². The SMILES string of the molecule is COc1ccc(-c2cncc(C(=O)N3CC[C@H](N)C[C@H]3C)c2)cc1. The zero-order valence-corrected chi connectivity index (χ0v) is 14.1. The van der Waals surface area contributed by atoms with Gasteiger partial charge >= 0.3 is 0 Å². The fourth-order valence-electron chi connectivity index (χ4n) is 3.17. The molecule has 24 heavy (non-hydrogen) atoms. The van der Waals surface area contributed by atoms with Crippen LogP contribution in [0.1, 0.15) is 30.1 Å². The third-order valence-corrected chi connectivity index (χ3v) is 4.59. The molecular weight excluding hydrogens is 302 g/mol. The monoisotopic (exact) mass is 325 g/mol. The molecule has 5 heteroatoms.